The van der Waals surface area contributed by atoms with Crippen LogP contribution in [0.3, 0.4) is 0 Å². The predicted octanol–water partition coefficient (Wildman–Crippen LogP) is 5.22. The van der Waals surface area contributed by atoms with E-state index in [1.54, 1.807) is 0 Å². The van der Waals surface area contributed by atoms with E-state index in [2.05, 4.69) is 65.8 Å². The maximum Gasteiger partial charge on any atom is 0.0991 e. The van der Waals surface area contributed by atoms with Crippen molar-refractivity contribution in [1.29, 1.82) is 5.26 Å². The summed E-state index contributed by atoms with van der Waals surface area (Å²) in [5, 5.41) is 10.3. The summed E-state index contributed by atoms with van der Waals surface area (Å²) in [7, 11) is 0. The van der Waals surface area contributed by atoms with Gasteiger partial charge in [0.2, 0.25) is 0 Å². The van der Waals surface area contributed by atoms with Gasteiger partial charge >= 0.3 is 0 Å². The molecule has 24 heavy (non-hydrogen) atoms. The van der Waals surface area contributed by atoms with Gasteiger partial charge < -0.3 is 4.98 Å². The molecule has 2 nitrogen and oxygen atoms in total. The molecule has 0 radical (unpaired) electrons. The maximum atomic E-state index is 9.24. The van der Waals surface area contributed by atoms with Crippen LogP contribution >= 0.6 is 0 Å². The van der Waals surface area contributed by atoms with Gasteiger partial charge in [-0.05, 0) is 34.9 Å². The van der Waals surface area contributed by atoms with Crippen molar-refractivity contribution in [2.75, 3.05) is 0 Å². The van der Waals surface area contributed by atoms with Gasteiger partial charge in [-0.15, -0.1) is 0 Å². The molecule has 0 saturated carbocycles. The summed E-state index contributed by atoms with van der Waals surface area (Å²) in [5.74, 6) is 0.134. The van der Waals surface area contributed by atoms with Crippen molar-refractivity contribution in [3.05, 3.63) is 107 Å². The standard InChI is InChI=1S/C22H16N2/c23-14-16-11-12-21-19(13-16)20(15-24-21)22(17-7-3-1-4-8-17)18-9-5-2-6-10-18/h1-13,15,22,24H. The minimum absolute atomic E-state index is 0.134. The average molecular weight is 308 g/mol. The number of rotatable bonds is 3. The fraction of sp³-hybridized carbons (Fsp3) is 0.0455. The largest absolute Gasteiger partial charge is 0.361 e. The Hall–Kier alpha value is -3.31. The predicted molar refractivity (Wildman–Crippen MR) is 96.8 cm³/mol. The van der Waals surface area contributed by atoms with Crippen LogP contribution in [0.1, 0.15) is 28.2 Å². The summed E-state index contributed by atoms with van der Waals surface area (Å²) in [4.78, 5) is 3.35. The minimum atomic E-state index is 0.134. The highest BCUT2D eigenvalue weighted by molar-refractivity contribution is 5.86. The summed E-state index contributed by atoms with van der Waals surface area (Å²) in [6.45, 7) is 0. The molecule has 0 aliphatic rings. The van der Waals surface area contributed by atoms with Crippen LogP contribution in [0.15, 0.2) is 85.1 Å². The third-order valence-corrected chi connectivity index (χ3v) is 4.42. The van der Waals surface area contributed by atoms with Crippen LogP contribution < -0.4 is 0 Å². The first-order valence-corrected chi connectivity index (χ1v) is 7.98. The second-order valence-corrected chi connectivity index (χ2v) is 5.87. The number of hydrogen-bond acceptors (Lipinski definition) is 1. The second-order valence-electron chi connectivity index (χ2n) is 5.87. The van der Waals surface area contributed by atoms with Gasteiger partial charge in [0.05, 0.1) is 11.6 Å². The first-order valence-electron chi connectivity index (χ1n) is 7.98. The fourth-order valence-electron chi connectivity index (χ4n) is 3.29. The normalized spacial score (nSPS) is 10.8. The number of aromatic amines is 1. The molecule has 0 saturated heterocycles. The lowest BCUT2D eigenvalue weighted by molar-refractivity contribution is 0.988. The molecular weight excluding hydrogens is 292 g/mol. The van der Waals surface area contributed by atoms with E-state index < -0.39 is 0 Å². The van der Waals surface area contributed by atoms with E-state index in [9.17, 15) is 5.26 Å². The number of fused-ring (bicyclic) bond motifs is 1. The highest BCUT2D eigenvalue weighted by Crippen LogP contribution is 2.36. The quantitative estimate of drug-likeness (QED) is 0.554. The first-order chi connectivity index (χ1) is 11.9. The van der Waals surface area contributed by atoms with Crippen molar-refractivity contribution in [2.24, 2.45) is 0 Å². The van der Waals surface area contributed by atoms with Crippen molar-refractivity contribution < 1.29 is 0 Å². The van der Waals surface area contributed by atoms with E-state index >= 15 is 0 Å². The van der Waals surface area contributed by atoms with Gasteiger partial charge in [0.25, 0.3) is 0 Å². The molecule has 0 amide bonds. The zero-order chi connectivity index (χ0) is 16.4. The van der Waals surface area contributed by atoms with Crippen LogP contribution in [0.5, 0.6) is 0 Å². The molecule has 114 valence electrons. The van der Waals surface area contributed by atoms with Crippen LogP contribution in [0, 0.1) is 11.3 Å². The Morgan fingerprint density at radius 3 is 2.00 bits per heavy atom. The summed E-state index contributed by atoms with van der Waals surface area (Å²) >= 11 is 0. The van der Waals surface area contributed by atoms with E-state index in [4.69, 9.17) is 0 Å². The van der Waals surface area contributed by atoms with Crippen LogP contribution in [0.25, 0.3) is 10.9 Å². The highest BCUT2D eigenvalue weighted by atomic mass is 14.7. The van der Waals surface area contributed by atoms with Gasteiger partial charge in [0, 0.05) is 23.0 Å². The second kappa shape index (κ2) is 6.06. The molecule has 0 bridgehead atoms. The molecule has 4 rings (SSSR count). The van der Waals surface area contributed by atoms with Gasteiger partial charge in [0.15, 0.2) is 0 Å². The Labute approximate surface area is 141 Å². The lowest BCUT2D eigenvalue weighted by Gasteiger charge is -2.18. The molecule has 0 aliphatic carbocycles. The number of nitriles is 1. The maximum absolute atomic E-state index is 9.24. The van der Waals surface area contributed by atoms with Crippen molar-refractivity contribution in [3.8, 4) is 6.07 Å². The van der Waals surface area contributed by atoms with Gasteiger partial charge in [-0.2, -0.15) is 5.26 Å². The Kier molecular flexibility index (Phi) is 3.61. The van der Waals surface area contributed by atoms with Crippen molar-refractivity contribution >= 4 is 10.9 Å². The summed E-state index contributed by atoms with van der Waals surface area (Å²) in [5.41, 5.74) is 5.42. The van der Waals surface area contributed by atoms with Crippen LogP contribution in [-0.4, -0.2) is 4.98 Å². The number of H-pyrrole nitrogens is 1. The SMILES string of the molecule is N#Cc1ccc2[nH]cc(C(c3ccccc3)c3ccccc3)c2c1. The van der Waals surface area contributed by atoms with Gasteiger partial charge in [0.1, 0.15) is 0 Å². The smallest absolute Gasteiger partial charge is 0.0991 e. The molecule has 0 aliphatic heterocycles. The van der Waals surface area contributed by atoms with Crippen LogP contribution in [0.2, 0.25) is 0 Å². The van der Waals surface area contributed by atoms with Gasteiger partial charge in [-0.1, -0.05) is 60.7 Å². The molecule has 1 aromatic heterocycles. The molecule has 0 atom stereocenters. The van der Waals surface area contributed by atoms with Gasteiger partial charge in [-0.3, -0.25) is 0 Å². The lowest BCUT2D eigenvalue weighted by Crippen LogP contribution is -2.02. The molecule has 0 unspecified atom stereocenters. The Morgan fingerprint density at radius 2 is 1.42 bits per heavy atom. The molecule has 1 heterocycles. The first kappa shape index (κ1) is 14.3. The van der Waals surface area contributed by atoms with Crippen molar-refractivity contribution in [2.45, 2.75) is 5.92 Å². The third kappa shape index (κ3) is 2.47. The molecule has 0 fully saturated rings. The van der Waals surface area contributed by atoms with Crippen LogP contribution in [0.4, 0.5) is 0 Å². The zero-order valence-electron chi connectivity index (χ0n) is 13.1. The fourth-order valence-corrected chi connectivity index (χ4v) is 3.29. The van der Waals surface area contributed by atoms with Gasteiger partial charge in [-0.25, -0.2) is 0 Å². The van der Waals surface area contributed by atoms with Crippen LogP contribution in [-0.2, 0) is 0 Å². The van der Waals surface area contributed by atoms with E-state index in [0.29, 0.717) is 5.56 Å². The monoisotopic (exact) mass is 308 g/mol. The van der Waals surface area contributed by atoms with Crippen molar-refractivity contribution in [3.63, 3.8) is 0 Å². The Balaban J connectivity index is 1.96. The number of hydrogen-bond donors (Lipinski definition) is 1. The average Bonchev–Trinajstić information content (AvgIpc) is 3.07. The lowest BCUT2D eigenvalue weighted by atomic mass is 9.85. The number of benzene rings is 3. The molecule has 4 aromatic rings. The molecule has 0 spiro atoms. The minimum Gasteiger partial charge on any atom is -0.361 e. The topological polar surface area (TPSA) is 39.6 Å². The Morgan fingerprint density at radius 1 is 0.792 bits per heavy atom. The van der Waals surface area contributed by atoms with Crippen molar-refractivity contribution in [1.82, 2.24) is 4.98 Å². The van der Waals surface area contributed by atoms with E-state index in [0.717, 1.165) is 10.9 Å². The highest BCUT2D eigenvalue weighted by Gasteiger charge is 2.20. The molecular formula is C22H16N2. The molecule has 2 heteroatoms. The van der Waals surface area contributed by atoms with E-state index in [-0.39, 0.29) is 5.92 Å². The van der Waals surface area contributed by atoms with E-state index in [1.165, 1.54) is 16.7 Å². The molecule has 3 aromatic carbocycles. The summed E-state index contributed by atoms with van der Waals surface area (Å²) in [6, 6.07) is 29.0. The zero-order valence-corrected chi connectivity index (χ0v) is 13.1. The number of nitrogens with one attached hydrogen (secondary N) is 1. The summed E-state index contributed by atoms with van der Waals surface area (Å²) in [6.07, 6.45) is 2.07. The third-order valence-electron chi connectivity index (χ3n) is 4.42. The summed E-state index contributed by atoms with van der Waals surface area (Å²) < 4.78 is 0. The molecule has 1 N–H and O–H groups in total. The van der Waals surface area contributed by atoms with E-state index in [1.807, 2.05) is 30.3 Å². The Bertz CT molecular complexity index is 969. The number of aromatic nitrogens is 1. The number of nitrogens with zero attached hydrogens (tertiary/aromatic N) is 1.